The van der Waals surface area contributed by atoms with Crippen molar-refractivity contribution in [2.45, 2.75) is 52.7 Å². The minimum absolute atomic E-state index is 0.133. The lowest BCUT2D eigenvalue weighted by atomic mass is 10.0. The van der Waals surface area contributed by atoms with Gasteiger partial charge < -0.3 is 15.0 Å². The Bertz CT molecular complexity index is 1390. The second-order valence-corrected chi connectivity index (χ2v) is 12.0. The summed E-state index contributed by atoms with van der Waals surface area (Å²) < 4.78 is 32.7. The maximum absolute atomic E-state index is 14.2. The highest BCUT2D eigenvalue weighted by Crippen LogP contribution is 2.30. The van der Waals surface area contributed by atoms with Gasteiger partial charge in [0.05, 0.1) is 18.6 Å². The fourth-order valence-electron chi connectivity index (χ4n) is 4.48. The molecule has 0 spiro atoms. The van der Waals surface area contributed by atoms with E-state index in [1.807, 2.05) is 75.4 Å². The summed E-state index contributed by atoms with van der Waals surface area (Å²) in [6, 6.07) is 22.9. The molecule has 0 bridgehead atoms. The van der Waals surface area contributed by atoms with Crippen LogP contribution in [0.25, 0.3) is 0 Å². The summed E-state index contributed by atoms with van der Waals surface area (Å²) in [4.78, 5) is 29.2. The Labute approximate surface area is 238 Å². The van der Waals surface area contributed by atoms with E-state index in [1.165, 1.54) is 4.90 Å². The Hall–Kier alpha value is -3.85. The molecule has 1 atom stereocenters. The third-order valence-electron chi connectivity index (χ3n) is 6.25. The highest BCUT2D eigenvalue weighted by molar-refractivity contribution is 7.92. The number of ether oxygens (including phenoxy) is 1. The van der Waals surface area contributed by atoms with Crippen LogP contribution < -0.4 is 14.4 Å². The molecule has 40 heavy (non-hydrogen) atoms. The van der Waals surface area contributed by atoms with Crippen LogP contribution in [-0.2, 0) is 32.6 Å². The van der Waals surface area contributed by atoms with Crippen molar-refractivity contribution in [1.82, 2.24) is 10.2 Å². The molecule has 0 aliphatic rings. The molecule has 3 aromatic carbocycles. The number of para-hydroxylation sites is 2. The number of carbonyl (C=O) groups excluding carboxylic acids is 2. The van der Waals surface area contributed by atoms with Gasteiger partial charge in [-0.15, -0.1) is 0 Å². The third kappa shape index (κ3) is 8.58. The smallest absolute Gasteiger partial charge is 0.244 e. The molecule has 9 heteroatoms. The van der Waals surface area contributed by atoms with Gasteiger partial charge in [-0.25, -0.2) is 8.42 Å². The molecule has 0 fully saturated rings. The average Bonchev–Trinajstić information content (AvgIpc) is 2.89. The van der Waals surface area contributed by atoms with Crippen molar-refractivity contribution in [3.8, 4) is 5.75 Å². The molecule has 8 nitrogen and oxygen atoms in total. The zero-order valence-electron chi connectivity index (χ0n) is 23.8. The number of nitrogens with one attached hydrogen (secondary N) is 1. The van der Waals surface area contributed by atoms with E-state index in [2.05, 4.69) is 5.32 Å². The van der Waals surface area contributed by atoms with Crippen molar-refractivity contribution in [2.24, 2.45) is 0 Å². The number of hydrogen-bond donors (Lipinski definition) is 1. The number of carbonyl (C=O) groups is 2. The zero-order chi connectivity index (χ0) is 29.3. The van der Waals surface area contributed by atoms with Crippen LogP contribution in [0, 0.1) is 6.92 Å². The average molecular weight is 566 g/mol. The molecule has 0 unspecified atom stereocenters. The fraction of sp³-hybridized carbons (Fsp3) is 0.355. The molecular weight excluding hydrogens is 526 g/mol. The van der Waals surface area contributed by atoms with Crippen LogP contribution in [0.5, 0.6) is 5.75 Å². The lowest BCUT2D eigenvalue weighted by Crippen LogP contribution is -2.54. The molecule has 2 amide bonds. The molecule has 0 radical (unpaired) electrons. The van der Waals surface area contributed by atoms with Gasteiger partial charge in [0.2, 0.25) is 21.8 Å². The van der Waals surface area contributed by atoms with Gasteiger partial charge in [-0.2, -0.15) is 0 Å². The maximum atomic E-state index is 14.2. The monoisotopic (exact) mass is 565 g/mol. The second kappa shape index (κ2) is 14.0. The Morgan fingerprint density at radius 2 is 1.57 bits per heavy atom. The van der Waals surface area contributed by atoms with Crippen LogP contribution in [0.2, 0.25) is 0 Å². The van der Waals surface area contributed by atoms with E-state index in [0.29, 0.717) is 12.4 Å². The molecule has 0 aliphatic carbocycles. The van der Waals surface area contributed by atoms with E-state index < -0.39 is 28.5 Å². The molecule has 214 valence electrons. The molecule has 0 aromatic heterocycles. The van der Waals surface area contributed by atoms with Crippen molar-refractivity contribution in [1.29, 1.82) is 0 Å². The highest BCUT2D eigenvalue weighted by atomic mass is 32.2. The van der Waals surface area contributed by atoms with Gasteiger partial charge in [0.25, 0.3) is 0 Å². The molecule has 3 rings (SSSR count). The zero-order valence-corrected chi connectivity index (χ0v) is 24.6. The number of amides is 2. The van der Waals surface area contributed by atoms with Crippen molar-refractivity contribution in [3.63, 3.8) is 0 Å². The first kappa shape index (κ1) is 30.7. The Balaban J connectivity index is 2.08. The second-order valence-electron chi connectivity index (χ2n) is 10.0. The van der Waals surface area contributed by atoms with Crippen LogP contribution in [0.3, 0.4) is 0 Å². The molecular formula is C31H39N3O5S. The van der Waals surface area contributed by atoms with Crippen LogP contribution in [0.1, 0.15) is 37.5 Å². The normalized spacial score (nSPS) is 12.1. The van der Waals surface area contributed by atoms with E-state index in [1.54, 1.807) is 31.2 Å². The number of rotatable bonds is 13. The first-order valence-electron chi connectivity index (χ1n) is 13.4. The standard InChI is InChI=1S/C31H39N3O5S/c1-6-39-29-18-11-10-17-27(29)34(40(5,37)38)22-30(35)33(21-26-16-12-13-24(4)19-26)28(31(36)32-23(2)3)20-25-14-8-7-9-15-25/h7-19,23,28H,6,20-22H2,1-5H3,(H,32,36)/t28-/m1/s1. The first-order valence-corrected chi connectivity index (χ1v) is 15.2. The fourth-order valence-corrected chi connectivity index (χ4v) is 5.33. The summed E-state index contributed by atoms with van der Waals surface area (Å²) in [7, 11) is -3.89. The van der Waals surface area contributed by atoms with Crippen LogP contribution in [-0.4, -0.2) is 56.6 Å². The quantitative estimate of drug-likeness (QED) is 0.333. The summed E-state index contributed by atoms with van der Waals surface area (Å²) >= 11 is 0. The van der Waals surface area contributed by atoms with Crippen LogP contribution in [0.4, 0.5) is 5.69 Å². The summed E-state index contributed by atoms with van der Waals surface area (Å²) in [5.41, 5.74) is 3.00. The summed E-state index contributed by atoms with van der Waals surface area (Å²) in [6.45, 7) is 7.46. The lowest BCUT2D eigenvalue weighted by Gasteiger charge is -2.34. The minimum atomic E-state index is -3.89. The Morgan fingerprint density at radius 1 is 0.925 bits per heavy atom. The Kier molecular flexibility index (Phi) is 10.7. The number of aryl methyl sites for hydroxylation is 1. The number of benzene rings is 3. The van der Waals surface area contributed by atoms with Crippen molar-refractivity contribution >= 4 is 27.5 Å². The van der Waals surface area contributed by atoms with Crippen LogP contribution >= 0.6 is 0 Å². The predicted molar refractivity (Wildman–Crippen MR) is 159 cm³/mol. The SMILES string of the molecule is CCOc1ccccc1N(CC(=O)N(Cc1cccc(C)c1)[C@H](Cc1ccccc1)C(=O)NC(C)C)S(C)(=O)=O. The van der Waals surface area contributed by atoms with E-state index >= 15 is 0 Å². The van der Waals surface area contributed by atoms with Gasteiger partial charge in [-0.1, -0.05) is 72.3 Å². The van der Waals surface area contributed by atoms with Crippen LogP contribution in [0.15, 0.2) is 78.9 Å². The molecule has 0 saturated carbocycles. The molecule has 0 saturated heterocycles. The third-order valence-corrected chi connectivity index (χ3v) is 7.38. The topological polar surface area (TPSA) is 96.0 Å². The van der Waals surface area contributed by atoms with Gasteiger partial charge in [-0.05, 0) is 51.0 Å². The van der Waals surface area contributed by atoms with Gasteiger partial charge in [0.15, 0.2) is 0 Å². The van der Waals surface area contributed by atoms with Gasteiger partial charge in [-0.3, -0.25) is 13.9 Å². The van der Waals surface area contributed by atoms with Gasteiger partial charge >= 0.3 is 0 Å². The number of sulfonamides is 1. The van der Waals surface area contributed by atoms with Gasteiger partial charge in [0.1, 0.15) is 18.3 Å². The summed E-state index contributed by atoms with van der Waals surface area (Å²) in [6.07, 6.45) is 1.33. The number of anilines is 1. The van der Waals surface area contributed by atoms with E-state index in [9.17, 15) is 18.0 Å². The predicted octanol–water partition coefficient (Wildman–Crippen LogP) is 4.32. The minimum Gasteiger partial charge on any atom is -0.492 e. The van der Waals surface area contributed by atoms with Crippen molar-refractivity contribution in [2.75, 3.05) is 23.7 Å². The van der Waals surface area contributed by atoms with Crippen molar-refractivity contribution in [3.05, 3.63) is 95.6 Å². The lowest BCUT2D eigenvalue weighted by molar-refractivity contribution is -0.140. The summed E-state index contributed by atoms with van der Waals surface area (Å²) in [5.74, 6) is -0.453. The first-order chi connectivity index (χ1) is 19.0. The Morgan fingerprint density at radius 3 is 2.20 bits per heavy atom. The molecule has 1 N–H and O–H groups in total. The maximum Gasteiger partial charge on any atom is 0.244 e. The number of nitrogens with zero attached hydrogens (tertiary/aromatic N) is 2. The highest BCUT2D eigenvalue weighted by Gasteiger charge is 2.34. The molecule has 3 aromatic rings. The molecule has 0 aliphatic heterocycles. The van der Waals surface area contributed by atoms with E-state index in [4.69, 9.17) is 4.74 Å². The van der Waals surface area contributed by atoms with E-state index in [0.717, 1.165) is 27.3 Å². The molecule has 0 heterocycles. The summed E-state index contributed by atoms with van der Waals surface area (Å²) in [5, 5.41) is 2.95. The van der Waals surface area contributed by atoms with Gasteiger partial charge in [0, 0.05) is 19.0 Å². The largest absolute Gasteiger partial charge is 0.492 e. The van der Waals surface area contributed by atoms with E-state index in [-0.39, 0.29) is 30.6 Å². The number of hydrogen-bond acceptors (Lipinski definition) is 5. The van der Waals surface area contributed by atoms with Crippen molar-refractivity contribution < 1.29 is 22.7 Å².